The zero-order valence-electron chi connectivity index (χ0n) is 21.8. The fourth-order valence-corrected chi connectivity index (χ4v) is 10.00. The number of carbonyl (C=O) groups is 2. The summed E-state index contributed by atoms with van der Waals surface area (Å²) in [6, 6.07) is -0.758. The van der Waals surface area contributed by atoms with Gasteiger partial charge in [-0.1, -0.05) is 61.1 Å². The van der Waals surface area contributed by atoms with Crippen LogP contribution in [0.15, 0.2) is 12.7 Å². The van der Waals surface area contributed by atoms with Crippen LogP contribution in [-0.4, -0.2) is 57.2 Å². The molecular formula is C24H47NO5Si. The smallest absolute Gasteiger partial charge is 0.410 e. The number of esters is 1. The van der Waals surface area contributed by atoms with Gasteiger partial charge in [0, 0.05) is 13.7 Å². The monoisotopic (exact) mass is 457 g/mol. The molecule has 7 heteroatoms. The van der Waals surface area contributed by atoms with Gasteiger partial charge in [0.25, 0.3) is 0 Å². The van der Waals surface area contributed by atoms with Crippen LogP contribution in [-0.2, 0) is 18.7 Å². The van der Waals surface area contributed by atoms with Crippen molar-refractivity contribution >= 4 is 20.4 Å². The van der Waals surface area contributed by atoms with Crippen molar-refractivity contribution in [3.63, 3.8) is 0 Å². The van der Waals surface area contributed by atoms with E-state index in [2.05, 4.69) is 48.1 Å². The number of likely N-dealkylation sites (N-methyl/N-ethyl adjacent to an activating group) is 1. The summed E-state index contributed by atoms with van der Waals surface area (Å²) >= 11 is 0. The van der Waals surface area contributed by atoms with Gasteiger partial charge in [0.2, 0.25) is 0 Å². The Morgan fingerprint density at radius 2 is 1.48 bits per heavy atom. The molecule has 182 valence electrons. The molecule has 0 aliphatic rings. The van der Waals surface area contributed by atoms with Gasteiger partial charge in [-0.25, -0.2) is 9.59 Å². The fourth-order valence-electron chi connectivity index (χ4n) is 4.53. The lowest BCUT2D eigenvalue weighted by Crippen LogP contribution is -2.50. The van der Waals surface area contributed by atoms with E-state index in [-0.39, 0.29) is 12.5 Å². The van der Waals surface area contributed by atoms with E-state index in [4.69, 9.17) is 13.9 Å². The van der Waals surface area contributed by atoms with E-state index in [1.165, 1.54) is 11.0 Å². The summed E-state index contributed by atoms with van der Waals surface area (Å²) in [5.74, 6) is -0.617. The lowest BCUT2D eigenvalue weighted by Gasteiger charge is -2.42. The Labute approximate surface area is 191 Å². The SMILES string of the molecule is C=CCOC(=O)[C@H]([C@@H](C)CCO[Si](C(C)C)(C(C)C)C(C)C)N(C)C(=O)OC(C)(C)C. The molecule has 0 heterocycles. The molecule has 0 fully saturated rings. The standard InChI is InChI=1S/C24H47NO5Si/c1-13-15-28-22(26)21(25(12)23(27)30-24(9,10)11)20(8)14-16-29-31(17(2)3,18(4)5)19(6)7/h13,17-21H,1,14-16H2,2-12H3/t20-,21-/m0/s1. The van der Waals surface area contributed by atoms with E-state index in [0.717, 1.165) is 0 Å². The van der Waals surface area contributed by atoms with Crippen LogP contribution >= 0.6 is 0 Å². The minimum absolute atomic E-state index is 0.102. The van der Waals surface area contributed by atoms with Gasteiger partial charge < -0.3 is 13.9 Å². The second-order valence-electron chi connectivity index (χ2n) is 10.4. The first kappa shape index (κ1) is 29.7. The van der Waals surface area contributed by atoms with Gasteiger partial charge in [-0.2, -0.15) is 0 Å². The average Bonchev–Trinajstić information content (AvgIpc) is 2.61. The van der Waals surface area contributed by atoms with Crippen molar-refractivity contribution in [2.45, 2.75) is 104 Å². The van der Waals surface area contributed by atoms with Crippen LogP contribution in [0.5, 0.6) is 0 Å². The highest BCUT2D eigenvalue weighted by Gasteiger charge is 2.45. The van der Waals surface area contributed by atoms with Crippen molar-refractivity contribution in [1.82, 2.24) is 4.90 Å². The van der Waals surface area contributed by atoms with Crippen LogP contribution in [0.3, 0.4) is 0 Å². The van der Waals surface area contributed by atoms with Crippen LogP contribution in [0.2, 0.25) is 16.6 Å². The maximum Gasteiger partial charge on any atom is 0.410 e. The van der Waals surface area contributed by atoms with Crippen molar-refractivity contribution in [3.8, 4) is 0 Å². The summed E-state index contributed by atoms with van der Waals surface area (Å²) in [6.45, 7) is 25.1. The second-order valence-corrected chi connectivity index (χ2v) is 15.8. The molecular weight excluding hydrogens is 410 g/mol. The summed E-state index contributed by atoms with van der Waals surface area (Å²) in [5.41, 5.74) is 0.811. The van der Waals surface area contributed by atoms with Crippen molar-refractivity contribution in [2.75, 3.05) is 20.3 Å². The summed E-state index contributed by atoms with van der Waals surface area (Å²) < 4.78 is 17.4. The number of amides is 1. The van der Waals surface area contributed by atoms with Crippen LogP contribution in [0.1, 0.15) is 75.7 Å². The van der Waals surface area contributed by atoms with Gasteiger partial charge in [0.15, 0.2) is 8.32 Å². The molecule has 2 atom stereocenters. The highest BCUT2D eigenvalue weighted by molar-refractivity contribution is 6.77. The first-order valence-electron chi connectivity index (χ1n) is 11.5. The molecule has 0 aliphatic heterocycles. The fraction of sp³-hybridized carbons (Fsp3) is 0.833. The number of ether oxygens (including phenoxy) is 2. The Morgan fingerprint density at radius 1 is 1.00 bits per heavy atom. The highest BCUT2D eigenvalue weighted by Crippen LogP contribution is 2.42. The Morgan fingerprint density at radius 3 is 1.87 bits per heavy atom. The predicted molar refractivity (Wildman–Crippen MR) is 130 cm³/mol. The molecule has 0 unspecified atom stereocenters. The molecule has 0 aliphatic carbocycles. The van der Waals surface area contributed by atoms with Crippen molar-refractivity contribution in [3.05, 3.63) is 12.7 Å². The molecule has 1 amide bonds. The van der Waals surface area contributed by atoms with Crippen LogP contribution in [0.4, 0.5) is 4.79 Å². The van der Waals surface area contributed by atoms with E-state index in [1.807, 2.05) is 6.92 Å². The summed E-state index contributed by atoms with van der Waals surface area (Å²) in [4.78, 5) is 26.8. The van der Waals surface area contributed by atoms with Crippen LogP contribution in [0.25, 0.3) is 0 Å². The van der Waals surface area contributed by atoms with Crippen molar-refractivity contribution in [1.29, 1.82) is 0 Å². The third-order valence-electron chi connectivity index (χ3n) is 5.86. The Bertz CT molecular complexity index is 561. The van der Waals surface area contributed by atoms with Crippen molar-refractivity contribution < 1.29 is 23.5 Å². The Balaban J connectivity index is 5.49. The molecule has 0 N–H and O–H groups in total. The summed E-state index contributed by atoms with van der Waals surface area (Å²) in [7, 11) is -0.409. The number of rotatable bonds is 12. The lowest BCUT2D eigenvalue weighted by atomic mass is 9.97. The predicted octanol–water partition coefficient (Wildman–Crippen LogP) is 6.17. The van der Waals surface area contributed by atoms with Gasteiger partial charge >= 0.3 is 12.1 Å². The van der Waals surface area contributed by atoms with Gasteiger partial charge in [0.1, 0.15) is 18.2 Å². The molecule has 0 saturated carbocycles. The topological polar surface area (TPSA) is 65.1 Å². The van der Waals surface area contributed by atoms with Gasteiger partial charge in [-0.05, 0) is 49.7 Å². The first-order valence-corrected chi connectivity index (χ1v) is 13.6. The second kappa shape index (κ2) is 12.6. The first-order chi connectivity index (χ1) is 14.1. The quantitative estimate of drug-likeness (QED) is 0.199. The van der Waals surface area contributed by atoms with E-state index in [9.17, 15) is 9.59 Å². The minimum atomic E-state index is -1.99. The van der Waals surface area contributed by atoms with Crippen LogP contribution < -0.4 is 0 Å². The van der Waals surface area contributed by atoms with Crippen molar-refractivity contribution in [2.24, 2.45) is 5.92 Å². The molecule has 0 radical (unpaired) electrons. The number of hydrogen-bond acceptors (Lipinski definition) is 5. The zero-order valence-corrected chi connectivity index (χ0v) is 22.8. The average molecular weight is 458 g/mol. The largest absolute Gasteiger partial charge is 0.460 e. The minimum Gasteiger partial charge on any atom is -0.460 e. The Kier molecular flexibility index (Phi) is 12.1. The molecule has 0 rings (SSSR count). The summed E-state index contributed by atoms with van der Waals surface area (Å²) in [5, 5.41) is 0. The molecule has 0 aromatic heterocycles. The lowest BCUT2D eigenvalue weighted by molar-refractivity contribution is -0.150. The highest BCUT2D eigenvalue weighted by atomic mass is 28.4. The van der Waals surface area contributed by atoms with E-state index >= 15 is 0 Å². The molecule has 0 spiro atoms. The van der Waals surface area contributed by atoms with Crippen LogP contribution in [0, 0.1) is 5.92 Å². The zero-order chi connectivity index (χ0) is 24.6. The molecule has 0 aromatic carbocycles. The normalized spacial score (nSPS) is 14.5. The number of carbonyl (C=O) groups excluding carboxylic acids is 2. The molecule has 6 nitrogen and oxygen atoms in total. The third-order valence-corrected chi connectivity index (χ3v) is 12.0. The van der Waals surface area contributed by atoms with Gasteiger partial charge in [-0.3, -0.25) is 4.90 Å². The molecule has 31 heavy (non-hydrogen) atoms. The molecule has 0 saturated heterocycles. The van der Waals surface area contributed by atoms with E-state index < -0.39 is 32.0 Å². The van der Waals surface area contributed by atoms with E-state index in [0.29, 0.717) is 29.7 Å². The Hall–Kier alpha value is -1.34. The number of hydrogen-bond donors (Lipinski definition) is 0. The number of nitrogens with zero attached hydrogens (tertiary/aromatic N) is 1. The molecule has 0 aromatic rings. The summed E-state index contributed by atoms with van der Waals surface area (Å²) in [6.07, 6.45) is 1.61. The molecule has 0 bridgehead atoms. The maximum atomic E-state index is 12.8. The third kappa shape index (κ3) is 8.60. The van der Waals surface area contributed by atoms with E-state index in [1.54, 1.807) is 27.8 Å². The van der Waals surface area contributed by atoms with Gasteiger partial charge in [-0.15, -0.1) is 0 Å². The van der Waals surface area contributed by atoms with Gasteiger partial charge in [0.05, 0.1) is 0 Å². The maximum absolute atomic E-state index is 12.8.